The van der Waals surface area contributed by atoms with Crippen molar-refractivity contribution in [2.24, 2.45) is 17.6 Å². The Morgan fingerprint density at radius 1 is 0.867 bits per heavy atom. The van der Waals surface area contributed by atoms with Gasteiger partial charge in [0.2, 0.25) is 23.6 Å². The van der Waals surface area contributed by atoms with Crippen molar-refractivity contribution in [1.29, 1.82) is 0 Å². The lowest BCUT2D eigenvalue weighted by molar-refractivity contribution is -0.143. The van der Waals surface area contributed by atoms with Crippen molar-refractivity contribution in [1.82, 2.24) is 21.3 Å². The molecule has 0 radical (unpaired) electrons. The molecule has 0 aliphatic heterocycles. The fourth-order valence-corrected chi connectivity index (χ4v) is 2.43. The standard InChI is InChI=1S/C18H33N5O7/c1-9(2)5-11(18(29)30)22-17(28)15(10(3)4)23-16(27)12(8-24)21-14(26)7-20-13(25)6-19/h9-12,15,24H,5-8,19H2,1-4H3,(H,20,25)(H,21,26)(H,22,28)(H,23,27)(H,29,30)/t11-,12-,15-/m0/s1. The summed E-state index contributed by atoms with van der Waals surface area (Å²) in [4.78, 5) is 59.2. The Balaban J connectivity index is 5.06. The molecule has 0 aromatic heterocycles. The first-order valence-electron chi connectivity index (χ1n) is 9.63. The highest BCUT2D eigenvalue weighted by Gasteiger charge is 2.31. The van der Waals surface area contributed by atoms with Gasteiger partial charge < -0.3 is 37.2 Å². The van der Waals surface area contributed by atoms with Crippen molar-refractivity contribution in [3.05, 3.63) is 0 Å². The van der Waals surface area contributed by atoms with Crippen LogP contribution in [0, 0.1) is 11.8 Å². The number of nitrogens with one attached hydrogen (secondary N) is 4. The molecule has 0 heterocycles. The van der Waals surface area contributed by atoms with Gasteiger partial charge >= 0.3 is 5.97 Å². The molecular weight excluding hydrogens is 398 g/mol. The van der Waals surface area contributed by atoms with Crippen LogP contribution in [0.1, 0.15) is 34.1 Å². The Morgan fingerprint density at radius 3 is 1.90 bits per heavy atom. The first-order chi connectivity index (χ1) is 13.9. The number of rotatable bonds is 13. The zero-order valence-electron chi connectivity index (χ0n) is 17.7. The van der Waals surface area contributed by atoms with E-state index in [-0.39, 0.29) is 18.9 Å². The average molecular weight is 431 g/mol. The van der Waals surface area contributed by atoms with Crippen molar-refractivity contribution < 1.29 is 34.2 Å². The molecule has 0 bridgehead atoms. The third kappa shape index (κ3) is 10.2. The maximum atomic E-state index is 12.6. The number of amides is 4. The van der Waals surface area contributed by atoms with E-state index >= 15 is 0 Å². The zero-order chi connectivity index (χ0) is 23.4. The van der Waals surface area contributed by atoms with Gasteiger partial charge in [0.25, 0.3) is 0 Å². The second-order valence-electron chi connectivity index (χ2n) is 7.54. The number of carboxylic acids is 1. The third-order valence-electron chi connectivity index (χ3n) is 4.03. The molecule has 8 N–H and O–H groups in total. The zero-order valence-corrected chi connectivity index (χ0v) is 17.7. The molecule has 0 unspecified atom stereocenters. The number of hydrogen-bond acceptors (Lipinski definition) is 7. The van der Waals surface area contributed by atoms with E-state index in [0.717, 1.165) is 0 Å². The maximum absolute atomic E-state index is 12.6. The molecule has 0 aliphatic rings. The number of aliphatic hydroxyl groups is 1. The number of carboxylic acid groups (broad SMARTS) is 1. The lowest BCUT2D eigenvalue weighted by atomic mass is 10.00. The molecule has 0 saturated heterocycles. The number of hydrogen-bond donors (Lipinski definition) is 7. The highest BCUT2D eigenvalue weighted by atomic mass is 16.4. The average Bonchev–Trinajstić information content (AvgIpc) is 2.66. The van der Waals surface area contributed by atoms with Crippen LogP contribution in [0.4, 0.5) is 0 Å². The van der Waals surface area contributed by atoms with Crippen molar-refractivity contribution in [3.63, 3.8) is 0 Å². The van der Waals surface area contributed by atoms with E-state index in [1.807, 2.05) is 13.8 Å². The second-order valence-corrected chi connectivity index (χ2v) is 7.54. The van der Waals surface area contributed by atoms with Gasteiger partial charge in [0, 0.05) is 0 Å². The summed E-state index contributed by atoms with van der Waals surface area (Å²) in [6.07, 6.45) is 0.212. The summed E-state index contributed by atoms with van der Waals surface area (Å²) in [6, 6.07) is -3.57. The fourth-order valence-electron chi connectivity index (χ4n) is 2.43. The molecule has 30 heavy (non-hydrogen) atoms. The minimum absolute atomic E-state index is 0.0206. The minimum atomic E-state index is -1.37. The topological polar surface area (TPSA) is 200 Å². The highest BCUT2D eigenvalue weighted by molar-refractivity contribution is 5.94. The molecule has 0 aromatic rings. The van der Waals surface area contributed by atoms with Gasteiger partial charge in [0.05, 0.1) is 19.7 Å². The molecule has 0 fully saturated rings. The molecular formula is C18H33N5O7. The smallest absolute Gasteiger partial charge is 0.326 e. The molecule has 0 aliphatic carbocycles. The SMILES string of the molecule is CC(C)C[C@H](NC(=O)[C@@H](NC(=O)[C@H](CO)NC(=O)CNC(=O)CN)C(C)C)C(=O)O. The molecule has 0 saturated carbocycles. The molecule has 0 spiro atoms. The number of carbonyl (C=O) groups excluding carboxylic acids is 4. The Kier molecular flexibility index (Phi) is 12.3. The first kappa shape index (κ1) is 27.3. The number of aliphatic hydroxyl groups excluding tert-OH is 1. The Hall–Kier alpha value is -2.73. The lowest BCUT2D eigenvalue weighted by Crippen LogP contribution is -2.58. The summed E-state index contributed by atoms with van der Waals surface area (Å²) in [7, 11) is 0. The number of nitrogens with two attached hydrogens (primary N) is 1. The molecule has 12 heteroatoms. The van der Waals surface area contributed by atoms with Gasteiger partial charge in [-0.05, 0) is 18.3 Å². The van der Waals surface area contributed by atoms with E-state index in [1.165, 1.54) is 0 Å². The van der Waals surface area contributed by atoms with Crippen LogP contribution in [-0.4, -0.2) is 77.6 Å². The van der Waals surface area contributed by atoms with Crippen molar-refractivity contribution in [2.45, 2.75) is 52.2 Å². The van der Waals surface area contributed by atoms with Crippen LogP contribution >= 0.6 is 0 Å². The van der Waals surface area contributed by atoms with Crippen LogP contribution in [0.5, 0.6) is 0 Å². The van der Waals surface area contributed by atoms with Gasteiger partial charge in [-0.25, -0.2) is 4.79 Å². The summed E-state index contributed by atoms with van der Waals surface area (Å²) in [6.45, 7) is 5.43. The van der Waals surface area contributed by atoms with Gasteiger partial charge in [-0.2, -0.15) is 0 Å². The van der Waals surface area contributed by atoms with Crippen molar-refractivity contribution in [2.75, 3.05) is 19.7 Å². The van der Waals surface area contributed by atoms with Crippen LogP contribution in [0.25, 0.3) is 0 Å². The molecule has 0 aromatic carbocycles. The Bertz CT molecular complexity index is 624. The second kappa shape index (κ2) is 13.5. The van der Waals surface area contributed by atoms with Crippen LogP contribution < -0.4 is 27.0 Å². The van der Waals surface area contributed by atoms with Crippen LogP contribution in [-0.2, 0) is 24.0 Å². The van der Waals surface area contributed by atoms with Crippen molar-refractivity contribution in [3.8, 4) is 0 Å². The van der Waals surface area contributed by atoms with E-state index < -0.39 is 66.8 Å². The molecule has 3 atom stereocenters. The summed E-state index contributed by atoms with van der Waals surface area (Å²) in [5, 5.41) is 28.0. The normalized spacial score (nSPS) is 13.9. The highest BCUT2D eigenvalue weighted by Crippen LogP contribution is 2.08. The van der Waals surface area contributed by atoms with E-state index in [2.05, 4.69) is 21.3 Å². The quantitative estimate of drug-likeness (QED) is 0.163. The predicted molar refractivity (Wildman–Crippen MR) is 107 cm³/mol. The van der Waals surface area contributed by atoms with Crippen molar-refractivity contribution >= 4 is 29.6 Å². The molecule has 172 valence electrons. The van der Waals surface area contributed by atoms with E-state index in [1.54, 1.807) is 13.8 Å². The third-order valence-corrected chi connectivity index (χ3v) is 4.03. The summed E-state index contributed by atoms with van der Waals surface area (Å²) < 4.78 is 0. The summed E-state index contributed by atoms with van der Waals surface area (Å²) in [5.74, 6) is -4.40. The van der Waals surface area contributed by atoms with Gasteiger partial charge in [0.15, 0.2) is 0 Å². The van der Waals surface area contributed by atoms with Crippen LogP contribution in [0.15, 0.2) is 0 Å². The van der Waals surface area contributed by atoms with Crippen LogP contribution in [0.3, 0.4) is 0 Å². The molecule has 0 rings (SSSR count). The lowest BCUT2D eigenvalue weighted by Gasteiger charge is -2.26. The van der Waals surface area contributed by atoms with Gasteiger partial charge in [-0.3, -0.25) is 19.2 Å². The summed E-state index contributed by atoms with van der Waals surface area (Å²) in [5.41, 5.74) is 5.10. The number of aliphatic carboxylic acids is 1. The van der Waals surface area contributed by atoms with E-state index in [0.29, 0.717) is 0 Å². The molecule has 12 nitrogen and oxygen atoms in total. The monoisotopic (exact) mass is 431 g/mol. The van der Waals surface area contributed by atoms with Gasteiger partial charge in [-0.15, -0.1) is 0 Å². The number of carbonyl (C=O) groups is 5. The molecule has 4 amide bonds. The Labute approximate surface area is 175 Å². The van der Waals surface area contributed by atoms with E-state index in [9.17, 15) is 34.2 Å². The van der Waals surface area contributed by atoms with E-state index in [4.69, 9.17) is 5.73 Å². The fraction of sp³-hybridized carbons (Fsp3) is 0.722. The predicted octanol–water partition coefficient (Wildman–Crippen LogP) is -2.71. The van der Waals surface area contributed by atoms with Crippen LogP contribution in [0.2, 0.25) is 0 Å². The Morgan fingerprint density at radius 2 is 1.47 bits per heavy atom. The largest absolute Gasteiger partial charge is 0.480 e. The van der Waals surface area contributed by atoms with Gasteiger partial charge in [0.1, 0.15) is 18.1 Å². The first-order valence-corrected chi connectivity index (χ1v) is 9.63. The maximum Gasteiger partial charge on any atom is 0.326 e. The minimum Gasteiger partial charge on any atom is -0.480 e. The summed E-state index contributed by atoms with van der Waals surface area (Å²) >= 11 is 0. The van der Waals surface area contributed by atoms with Gasteiger partial charge in [-0.1, -0.05) is 27.7 Å².